The van der Waals surface area contributed by atoms with E-state index in [1.165, 1.54) is 31.4 Å². The van der Waals surface area contributed by atoms with Crippen LogP contribution in [0.4, 0.5) is 9.18 Å². The molecule has 3 amide bonds. The van der Waals surface area contributed by atoms with Crippen LogP contribution in [0.5, 0.6) is 11.5 Å². The van der Waals surface area contributed by atoms with Crippen molar-refractivity contribution in [2.45, 2.75) is 31.4 Å². The van der Waals surface area contributed by atoms with Gasteiger partial charge in [0.1, 0.15) is 24.1 Å². The zero-order valence-electron chi connectivity index (χ0n) is 18.1. The summed E-state index contributed by atoms with van der Waals surface area (Å²) in [5.41, 5.74) is 0.188. The predicted molar refractivity (Wildman–Crippen MR) is 117 cm³/mol. The summed E-state index contributed by atoms with van der Waals surface area (Å²) >= 11 is 0. The molecule has 170 valence electrons. The molecule has 0 unspecified atom stereocenters. The minimum Gasteiger partial charge on any atom is -0.493 e. The summed E-state index contributed by atoms with van der Waals surface area (Å²) in [6.07, 6.45) is 1.61. The Hall–Kier alpha value is -3.39. The highest BCUT2D eigenvalue weighted by molar-refractivity contribution is 6.07. The van der Waals surface area contributed by atoms with Crippen LogP contribution in [0, 0.1) is 5.82 Å². The molecule has 0 radical (unpaired) electrons. The van der Waals surface area contributed by atoms with E-state index in [4.69, 9.17) is 9.47 Å². The number of benzene rings is 2. The van der Waals surface area contributed by atoms with Crippen LogP contribution in [0.25, 0.3) is 0 Å². The van der Waals surface area contributed by atoms with Crippen molar-refractivity contribution in [3.05, 3.63) is 72.1 Å². The van der Waals surface area contributed by atoms with Crippen molar-refractivity contribution in [3.63, 3.8) is 0 Å². The van der Waals surface area contributed by atoms with Gasteiger partial charge in [-0.25, -0.2) is 9.18 Å². The minimum absolute atomic E-state index is 0.149. The Balaban J connectivity index is 1.68. The Kier molecular flexibility index (Phi) is 7.15. The molecular formula is C24H27FN2O5. The molecule has 1 saturated heterocycles. The lowest BCUT2D eigenvalue weighted by molar-refractivity contribution is -0.133. The molecule has 8 heteroatoms. The normalized spacial score (nSPS) is 18.9. The maximum Gasteiger partial charge on any atom is 0.325 e. The molecule has 0 bridgehead atoms. The minimum atomic E-state index is -1.30. The van der Waals surface area contributed by atoms with Gasteiger partial charge >= 0.3 is 6.03 Å². The van der Waals surface area contributed by atoms with Gasteiger partial charge in [0, 0.05) is 0 Å². The molecule has 1 fully saturated rings. The Morgan fingerprint density at radius 1 is 1.22 bits per heavy atom. The topological polar surface area (TPSA) is 88.1 Å². The number of hydrogen-bond donors (Lipinski definition) is 2. The number of methoxy groups -OCH3 is 1. The number of ether oxygens (including phenoxy) is 2. The predicted octanol–water partition coefficient (Wildman–Crippen LogP) is 3.16. The summed E-state index contributed by atoms with van der Waals surface area (Å²) < 4.78 is 24.3. The molecule has 32 heavy (non-hydrogen) atoms. The van der Waals surface area contributed by atoms with Crippen LogP contribution in [-0.2, 0) is 16.8 Å². The molecule has 1 aliphatic rings. The van der Waals surface area contributed by atoms with Gasteiger partial charge in [-0.1, -0.05) is 31.2 Å². The maximum absolute atomic E-state index is 13.3. The molecule has 3 rings (SSSR count). The average molecular weight is 442 g/mol. The number of aliphatic hydroxyl groups excluding tert-OH is 1. The van der Waals surface area contributed by atoms with Gasteiger partial charge < -0.3 is 19.9 Å². The number of imide groups is 1. The monoisotopic (exact) mass is 442 g/mol. The number of hydrogen-bond acceptors (Lipinski definition) is 5. The van der Waals surface area contributed by atoms with E-state index < -0.39 is 29.4 Å². The third kappa shape index (κ3) is 4.60. The van der Waals surface area contributed by atoms with Crippen molar-refractivity contribution >= 4 is 11.9 Å². The fraction of sp³-hybridized carbons (Fsp3) is 0.333. The fourth-order valence-corrected chi connectivity index (χ4v) is 3.74. The van der Waals surface area contributed by atoms with Crippen molar-refractivity contribution in [2.75, 3.05) is 20.3 Å². The molecule has 2 atom stereocenters. The second kappa shape index (κ2) is 9.82. The van der Waals surface area contributed by atoms with Crippen LogP contribution >= 0.6 is 0 Å². The van der Waals surface area contributed by atoms with Gasteiger partial charge in [-0.2, -0.15) is 0 Å². The number of allylic oxidation sites excluding steroid dienone is 1. The number of halogens is 1. The molecule has 0 spiro atoms. The van der Waals surface area contributed by atoms with E-state index in [9.17, 15) is 19.1 Å². The first kappa shape index (κ1) is 23.3. The Morgan fingerprint density at radius 3 is 2.56 bits per heavy atom. The van der Waals surface area contributed by atoms with Crippen molar-refractivity contribution in [3.8, 4) is 11.5 Å². The molecule has 2 aromatic carbocycles. The molecule has 7 nitrogen and oxygen atoms in total. The number of β-amino-alcohol motifs (C(OH)–C–C–N with tert-alkyl or cyclic N) is 1. The first-order valence-corrected chi connectivity index (χ1v) is 10.3. The summed E-state index contributed by atoms with van der Waals surface area (Å²) in [5.74, 6) is 0.00908. The van der Waals surface area contributed by atoms with Gasteiger partial charge in [-0.05, 0) is 48.2 Å². The van der Waals surface area contributed by atoms with E-state index in [0.29, 0.717) is 23.5 Å². The molecule has 1 heterocycles. The SMILES string of the molecule is C=CCc1ccc(OC[C@@H](O)CN2C(=O)N[C@](CC)(c3ccc(F)cc3)C2=O)c(OC)c1. The highest BCUT2D eigenvalue weighted by Crippen LogP contribution is 2.33. The van der Waals surface area contributed by atoms with Gasteiger partial charge in [0.05, 0.1) is 13.7 Å². The highest BCUT2D eigenvalue weighted by Gasteiger charge is 2.51. The Labute approximate surface area is 186 Å². The van der Waals surface area contributed by atoms with Crippen LogP contribution < -0.4 is 14.8 Å². The van der Waals surface area contributed by atoms with Gasteiger partial charge in [0.15, 0.2) is 11.5 Å². The molecule has 0 aromatic heterocycles. The number of aliphatic hydroxyl groups is 1. The van der Waals surface area contributed by atoms with Crippen LogP contribution in [0.3, 0.4) is 0 Å². The largest absolute Gasteiger partial charge is 0.493 e. The second-order valence-electron chi connectivity index (χ2n) is 7.55. The Morgan fingerprint density at radius 2 is 1.94 bits per heavy atom. The van der Waals surface area contributed by atoms with Crippen molar-refractivity contribution < 1.29 is 28.6 Å². The van der Waals surface area contributed by atoms with Gasteiger partial charge in [0.2, 0.25) is 0 Å². The van der Waals surface area contributed by atoms with Crippen LogP contribution in [0.15, 0.2) is 55.1 Å². The smallest absolute Gasteiger partial charge is 0.325 e. The summed E-state index contributed by atoms with van der Waals surface area (Å²) in [4.78, 5) is 26.6. The van der Waals surface area contributed by atoms with E-state index in [1.807, 2.05) is 12.1 Å². The van der Waals surface area contributed by atoms with Crippen molar-refractivity contribution in [2.24, 2.45) is 0 Å². The first-order valence-electron chi connectivity index (χ1n) is 10.3. The number of carbonyl (C=O) groups excluding carboxylic acids is 2. The van der Waals surface area contributed by atoms with Crippen LogP contribution in [0.1, 0.15) is 24.5 Å². The lowest BCUT2D eigenvalue weighted by atomic mass is 9.87. The molecule has 0 saturated carbocycles. The number of carbonyl (C=O) groups is 2. The summed E-state index contributed by atoms with van der Waals surface area (Å²) in [7, 11) is 1.52. The summed E-state index contributed by atoms with van der Waals surface area (Å²) in [5, 5.41) is 13.2. The third-order valence-electron chi connectivity index (χ3n) is 5.48. The van der Waals surface area contributed by atoms with Crippen molar-refractivity contribution in [1.82, 2.24) is 10.2 Å². The van der Waals surface area contributed by atoms with Crippen LogP contribution in [0.2, 0.25) is 0 Å². The van der Waals surface area contributed by atoms with E-state index in [2.05, 4.69) is 11.9 Å². The molecular weight excluding hydrogens is 415 g/mol. The van der Waals surface area contributed by atoms with E-state index in [0.717, 1.165) is 10.5 Å². The van der Waals surface area contributed by atoms with Crippen molar-refractivity contribution in [1.29, 1.82) is 0 Å². The van der Waals surface area contributed by atoms with Gasteiger partial charge in [-0.3, -0.25) is 9.69 Å². The molecule has 1 aliphatic heterocycles. The quantitative estimate of drug-likeness (QED) is 0.436. The van der Waals surface area contributed by atoms with Crippen LogP contribution in [-0.4, -0.2) is 48.3 Å². The first-order chi connectivity index (χ1) is 15.3. The number of nitrogens with one attached hydrogen (secondary N) is 1. The highest BCUT2D eigenvalue weighted by atomic mass is 19.1. The number of urea groups is 1. The number of nitrogens with zero attached hydrogens (tertiary/aromatic N) is 1. The van der Waals surface area contributed by atoms with E-state index in [1.54, 1.807) is 19.1 Å². The summed E-state index contributed by atoms with van der Waals surface area (Å²) in [6, 6.07) is 10.2. The second-order valence-corrected chi connectivity index (χ2v) is 7.55. The fourth-order valence-electron chi connectivity index (χ4n) is 3.74. The average Bonchev–Trinajstić information content (AvgIpc) is 3.03. The van der Waals surface area contributed by atoms with Gasteiger partial charge in [-0.15, -0.1) is 6.58 Å². The van der Waals surface area contributed by atoms with E-state index >= 15 is 0 Å². The summed E-state index contributed by atoms with van der Waals surface area (Å²) in [6.45, 7) is 5.07. The maximum atomic E-state index is 13.3. The third-order valence-corrected chi connectivity index (χ3v) is 5.48. The molecule has 0 aliphatic carbocycles. The molecule has 2 aromatic rings. The van der Waals surface area contributed by atoms with E-state index in [-0.39, 0.29) is 19.6 Å². The number of rotatable bonds is 10. The lowest BCUT2D eigenvalue weighted by Gasteiger charge is -2.26. The lowest BCUT2D eigenvalue weighted by Crippen LogP contribution is -2.44. The number of amides is 3. The standard InChI is InChI=1S/C24H27FN2O5/c1-4-6-16-7-12-20(21(13-16)31-3)32-15-19(28)14-27-22(29)24(5-2,26-23(27)30)17-8-10-18(25)11-9-17/h4,7-13,19,28H,1,5-6,14-15H2,2-3H3,(H,26,30)/t19-,24+/m0/s1. The Bertz CT molecular complexity index is 994. The zero-order chi connectivity index (χ0) is 23.3. The van der Waals surface area contributed by atoms with Gasteiger partial charge in [0.25, 0.3) is 5.91 Å². The zero-order valence-corrected chi connectivity index (χ0v) is 18.1. The molecule has 2 N–H and O–H groups in total.